The highest BCUT2D eigenvalue weighted by molar-refractivity contribution is 5.91. The number of carbonyl (C=O) groups is 1. The maximum absolute atomic E-state index is 12.5. The molecule has 3 aromatic rings. The Kier molecular flexibility index (Phi) is 5.74. The average Bonchev–Trinajstić information content (AvgIpc) is 2.64. The van der Waals surface area contributed by atoms with E-state index in [0.29, 0.717) is 22.9 Å². The fourth-order valence-electron chi connectivity index (χ4n) is 3.06. The SMILES string of the molecule is Cc1cc(C)cc(Nc2nc(C)cc(=O)n2CC(=O)Nc2cccc(C#N)c2)c1. The van der Waals surface area contributed by atoms with Crippen LogP contribution in [0.4, 0.5) is 17.3 Å². The van der Waals surface area contributed by atoms with E-state index in [2.05, 4.69) is 15.6 Å². The Hall–Kier alpha value is -3.92. The maximum Gasteiger partial charge on any atom is 0.255 e. The summed E-state index contributed by atoms with van der Waals surface area (Å²) in [5.74, 6) is -0.0998. The smallest absolute Gasteiger partial charge is 0.255 e. The maximum atomic E-state index is 12.5. The molecular weight excluding hydrogens is 366 g/mol. The van der Waals surface area contributed by atoms with Crippen LogP contribution in [0.1, 0.15) is 22.4 Å². The number of amides is 1. The van der Waals surface area contributed by atoms with Crippen LogP contribution in [0.3, 0.4) is 0 Å². The predicted octanol–water partition coefficient (Wildman–Crippen LogP) is 3.42. The van der Waals surface area contributed by atoms with Gasteiger partial charge in [0.2, 0.25) is 11.9 Å². The highest BCUT2D eigenvalue weighted by atomic mass is 16.2. The number of hydrogen-bond donors (Lipinski definition) is 2. The van der Waals surface area contributed by atoms with Gasteiger partial charge in [-0.2, -0.15) is 5.26 Å². The number of nitrogens with one attached hydrogen (secondary N) is 2. The molecule has 2 N–H and O–H groups in total. The second kappa shape index (κ2) is 8.40. The van der Waals surface area contributed by atoms with Crippen molar-refractivity contribution in [2.75, 3.05) is 10.6 Å². The van der Waals surface area contributed by atoms with E-state index in [1.165, 1.54) is 10.6 Å². The van der Waals surface area contributed by atoms with E-state index in [1.807, 2.05) is 38.1 Å². The van der Waals surface area contributed by atoms with Crippen molar-refractivity contribution in [2.45, 2.75) is 27.3 Å². The Morgan fingerprint density at radius 2 is 1.79 bits per heavy atom. The van der Waals surface area contributed by atoms with Crippen molar-refractivity contribution in [3.05, 3.63) is 81.3 Å². The molecule has 0 bridgehead atoms. The fourth-order valence-corrected chi connectivity index (χ4v) is 3.06. The highest BCUT2D eigenvalue weighted by Gasteiger charge is 2.12. The van der Waals surface area contributed by atoms with Gasteiger partial charge in [0.25, 0.3) is 5.56 Å². The van der Waals surface area contributed by atoms with E-state index < -0.39 is 5.91 Å². The van der Waals surface area contributed by atoms with Crippen LogP contribution in [0.15, 0.2) is 53.3 Å². The number of nitrogens with zero attached hydrogens (tertiary/aromatic N) is 3. The minimum atomic E-state index is -0.392. The first-order valence-electron chi connectivity index (χ1n) is 9.08. The first-order chi connectivity index (χ1) is 13.8. The monoisotopic (exact) mass is 387 g/mol. The summed E-state index contributed by atoms with van der Waals surface area (Å²) in [6, 6.07) is 15.9. The van der Waals surface area contributed by atoms with Crippen LogP contribution >= 0.6 is 0 Å². The molecule has 0 saturated heterocycles. The van der Waals surface area contributed by atoms with Crippen molar-refractivity contribution < 1.29 is 4.79 Å². The van der Waals surface area contributed by atoms with Gasteiger partial charge in [0, 0.05) is 23.1 Å². The molecule has 1 aromatic heterocycles. The Balaban J connectivity index is 1.87. The number of aryl methyl sites for hydroxylation is 3. The van der Waals surface area contributed by atoms with Gasteiger partial charge in [0.1, 0.15) is 6.54 Å². The van der Waals surface area contributed by atoms with Crippen molar-refractivity contribution in [1.29, 1.82) is 5.26 Å². The van der Waals surface area contributed by atoms with E-state index in [1.54, 1.807) is 31.2 Å². The second-order valence-electron chi connectivity index (χ2n) is 6.89. The summed E-state index contributed by atoms with van der Waals surface area (Å²) in [6.07, 6.45) is 0. The van der Waals surface area contributed by atoms with Gasteiger partial charge < -0.3 is 10.6 Å². The zero-order chi connectivity index (χ0) is 21.0. The van der Waals surface area contributed by atoms with E-state index in [0.717, 1.165) is 16.8 Å². The second-order valence-corrected chi connectivity index (χ2v) is 6.89. The number of hydrogen-bond acceptors (Lipinski definition) is 5. The first kappa shape index (κ1) is 19.8. The number of rotatable bonds is 5. The Morgan fingerprint density at radius 1 is 1.07 bits per heavy atom. The van der Waals surface area contributed by atoms with Gasteiger partial charge >= 0.3 is 0 Å². The predicted molar refractivity (Wildman–Crippen MR) is 112 cm³/mol. The Morgan fingerprint density at radius 3 is 2.48 bits per heavy atom. The standard InChI is InChI=1S/C22H21N5O2/c1-14-7-15(2)9-19(8-14)26-22-24-16(3)10-21(29)27(22)13-20(28)25-18-6-4-5-17(11-18)12-23/h4-11H,13H2,1-3H3,(H,24,26)(H,25,28). The lowest BCUT2D eigenvalue weighted by molar-refractivity contribution is -0.116. The zero-order valence-electron chi connectivity index (χ0n) is 16.5. The number of carbonyl (C=O) groups excluding carboxylic acids is 1. The Bertz CT molecular complexity index is 1150. The molecule has 0 unspecified atom stereocenters. The molecular formula is C22H21N5O2. The number of anilines is 3. The summed E-state index contributed by atoms with van der Waals surface area (Å²) in [5.41, 5.74) is 4.09. The molecule has 0 radical (unpaired) electrons. The van der Waals surface area contributed by atoms with Crippen LogP contribution in [0.2, 0.25) is 0 Å². The summed E-state index contributed by atoms with van der Waals surface area (Å²) in [6.45, 7) is 5.48. The Labute approximate surface area is 168 Å². The topological polar surface area (TPSA) is 99.8 Å². The third-order valence-corrected chi connectivity index (χ3v) is 4.19. The van der Waals surface area contributed by atoms with Crippen LogP contribution < -0.4 is 16.2 Å². The number of benzene rings is 2. The summed E-state index contributed by atoms with van der Waals surface area (Å²) in [5, 5.41) is 14.8. The molecule has 146 valence electrons. The van der Waals surface area contributed by atoms with Crippen LogP contribution in [0.25, 0.3) is 0 Å². The molecule has 7 nitrogen and oxygen atoms in total. The van der Waals surface area contributed by atoms with Gasteiger partial charge in [-0.05, 0) is 62.2 Å². The van der Waals surface area contributed by atoms with Crippen LogP contribution in [0.5, 0.6) is 0 Å². The van der Waals surface area contributed by atoms with Crippen molar-refractivity contribution in [1.82, 2.24) is 9.55 Å². The summed E-state index contributed by atoms with van der Waals surface area (Å²) < 4.78 is 1.29. The molecule has 0 atom stereocenters. The van der Waals surface area contributed by atoms with Gasteiger partial charge in [-0.1, -0.05) is 12.1 Å². The lowest BCUT2D eigenvalue weighted by Gasteiger charge is -2.15. The van der Waals surface area contributed by atoms with Crippen LogP contribution in [-0.2, 0) is 11.3 Å². The molecule has 29 heavy (non-hydrogen) atoms. The van der Waals surface area contributed by atoms with E-state index in [9.17, 15) is 9.59 Å². The number of nitriles is 1. The molecule has 0 aliphatic carbocycles. The molecule has 3 rings (SSSR count). The molecule has 7 heteroatoms. The van der Waals surface area contributed by atoms with E-state index in [4.69, 9.17) is 5.26 Å². The largest absolute Gasteiger partial charge is 0.325 e. The molecule has 1 amide bonds. The molecule has 0 aliphatic heterocycles. The highest BCUT2D eigenvalue weighted by Crippen LogP contribution is 2.18. The van der Waals surface area contributed by atoms with Crippen molar-refractivity contribution in [3.63, 3.8) is 0 Å². The lowest BCUT2D eigenvalue weighted by Crippen LogP contribution is -2.30. The minimum absolute atomic E-state index is 0.212. The molecule has 1 heterocycles. The quantitative estimate of drug-likeness (QED) is 0.699. The first-order valence-corrected chi connectivity index (χ1v) is 9.08. The zero-order valence-corrected chi connectivity index (χ0v) is 16.5. The van der Waals surface area contributed by atoms with E-state index >= 15 is 0 Å². The van der Waals surface area contributed by atoms with Gasteiger partial charge in [-0.15, -0.1) is 0 Å². The summed E-state index contributed by atoms with van der Waals surface area (Å²) >= 11 is 0. The molecule has 2 aromatic carbocycles. The summed E-state index contributed by atoms with van der Waals surface area (Å²) in [4.78, 5) is 29.5. The third kappa shape index (κ3) is 5.08. The van der Waals surface area contributed by atoms with Gasteiger partial charge in [-0.3, -0.25) is 14.2 Å². The van der Waals surface area contributed by atoms with Crippen LogP contribution in [0, 0.1) is 32.1 Å². The van der Waals surface area contributed by atoms with E-state index in [-0.39, 0.29) is 12.1 Å². The number of aromatic nitrogens is 2. The van der Waals surface area contributed by atoms with Crippen molar-refractivity contribution in [3.8, 4) is 6.07 Å². The molecule has 0 aliphatic rings. The van der Waals surface area contributed by atoms with Crippen molar-refractivity contribution in [2.24, 2.45) is 0 Å². The van der Waals surface area contributed by atoms with Crippen molar-refractivity contribution >= 4 is 23.2 Å². The van der Waals surface area contributed by atoms with Gasteiger partial charge in [0.05, 0.1) is 11.6 Å². The third-order valence-electron chi connectivity index (χ3n) is 4.19. The van der Waals surface area contributed by atoms with Gasteiger partial charge in [0.15, 0.2) is 0 Å². The molecule has 0 spiro atoms. The average molecular weight is 387 g/mol. The normalized spacial score (nSPS) is 10.3. The summed E-state index contributed by atoms with van der Waals surface area (Å²) in [7, 11) is 0. The lowest BCUT2D eigenvalue weighted by atomic mass is 10.1. The van der Waals surface area contributed by atoms with Gasteiger partial charge in [-0.25, -0.2) is 4.98 Å². The molecule has 0 saturated carbocycles. The van der Waals surface area contributed by atoms with Crippen LogP contribution in [-0.4, -0.2) is 15.5 Å². The minimum Gasteiger partial charge on any atom is -0.325 e. The fraction of sp³-hybridized carbons (Fsp3) is 0.182. The molecule has 0 fully saturated rings.